The molecule has 0 heterocycles. The van der Waals surface area contributed by atoms with Crippen LogP contribution in [0.1, 0.15) is 18.5 Å². The van der Waals surface area contributed by atoms with E-state index in [9.17, 15) is 5.11 Å². The first-order chi connectivity index (χ1) is 6.20. The topological polar surface area (TPSA) is 41.5 Å². The van der Waals surface area contributed by atoms with E-state index in [0.717, 1.165) is 5.56 Å². The number of rotatable bonds is 3. The van der Waals surface area contributed by atoms with Gasteiger partial charge in [0.15, 0.2) is 11.5 Å². The molecule has 0 spiro atoms. The first kappa shape index (κ1) is 9.86. The fourth-order valence-electron chi connectivity index (χ4n) is 1.21. The minimum Gasteiger partial charge on any atom is -0.504 e. The lowest BCUT2D eigenvalue weighted by molar-refractivity contribution is 0.367. The summed E-state index contributed by atoms with van der Waals surface area (Å²) in [5, 5.41) is 12.8. The Morgan fingerprint density at radius 1 is 1.46 bits per heavy atom. The van der Waals surface area contributed by atoms with Gasteiger partial charge in [-0.3, -0.25) is 0 Å². The Labute approximate surface area is 78.3 Å². The normalized spacial score (nSPS) is 12.5. The molecule has 0 radical (unpaired) electrons. The minimum atomic E-state index is 0.120. The molecule has 13 heavy (non-hydrogen) atoms. The summed E-state index contributed by atoms with van der Waals surface area (Å²) in [6.45, 7) is 1.98. The highest BCUT2D eigenvalue weighted by Crippen LogP contribution is 2.32. The molecule has 1 rings (SSSR count). The molecule has 0 amide bonds. The monoisotopic (exact) mass is 181 g/mol. The van der Waals surface area contributed by atoms with Crippen LogP contribution in [0.3, 0.4) is 0 Å². The molecule has 1 aromatic rings. The third-order valence-corrected chi connectivity index (χ3v) is 2.15. The lowest BCUT2D eigenvalue weighted by Crippen LogP contribution is -2.12. The maximum atomic E-state index is 9.73. The molecule has 72 valence electrons. The van der Waals surface area contributed by atoms with Gasteiger partial charge in [-0.05, 0) is 20.0 Å². The van der Waals surface area contributed by atoms with Crippen LogP contribution in [0.5, 0.6) is 11.5 Å². The van der Waals surface area contributed by atoms with Crippen LogP contribution in [0.4, 0.5) is 0 Å². The molecule has 0 saturated carbocycles. The number of hydrogen-bond donors (Lipinski definition) is 2. The Morgan fingerprint density at radius 2 is 2.15 bits per heavy atom. The highest BCUT2D eigenvalue weighted by atomic mass is 16.5. The molecule has 1 aromatic carbocycles. The molecule has 3 heteroatoms. The van der Waals surface area contributed by atoms with Crippen molar-refractivity contribution in [3.05, 3.63) is 23.8 Å². The summed E-state index contributed by atoms with van der Waals surface area (Å²) in [5.74, 6) is 0.728. The van der Waals surface area contributed by atoms with E-state index in [1.807, 2.05) is 26.1 Å². The molecular weight excluding hydrogens is 166 g/mol. The van der Waals surface area contributed by atoms with Gasteiger partial charge in [0.05, 0.1) is 7.11 Å². The van der Waals surface area contributed by atoms with Crippen molar-refractivity contribution in [1.82, 2.24) is 5.32 Å². The SMILES string of the molecule is CNC(C)c1cccc(OC)c1O. The van der Waals surface area contributed by atoms with Gasteiger partial charge in [-0.25, -0.2) is 0 Å². The molecule has 0 saturated heterocycles. The molecule has 0 aromatic heterocycles. The van der Waals surface area contributed by atoms with Crippen LogP contribution in [0.25, 0.3) is 0 Å². The summed E-state index contributed by atoms with van der Waals surface area (Å²) in [7, 11) is 3.40. The van der Waals surface area contributed by atoms with E-state index >= 15 is 0 Å². The van der Waals surface area contributed by atoms with Crippen molar-refractivity contribution in [2.75, 3.05) is 14.2 Å². The second-order valence-electron chi connectivity index (χ2n) is 2.91. The number of ether oxygens (including phenoxy) is 1. The van der Waals surface area contributed by atoms with E-state index in [4.69, 9.17) is 4.74 Å². The number of hydrogen-bond acceptors (Lipinski definition) is 3. The third-order valence-electron chi connectivity index (χ3n) is 2.15. The zero-order valence-corrected chi connectivity index (χ0v) is 8.16. The van der Waals surface area contributed by atoms with Gasteiger partial charge >= 0.3 is 0 Å². The first-order valence-corrected chi connectivity index (χ1v) is 4.23. The Kier molecular flexibility index (Phi) is 3.14. The summed E-state index contributed by atoms with van der Waals surface area (Å²) in [5.41, 5.74) is 0.849. The molecule has 2 N–H and O–H groups in total. The number of phenols is 1. The van der Waals surface area contributed by atoms with Crippen molar-refractivity contribution < 1.29 is 9.84 Å². The standard InChI is InChI=1S/C10H15NO2/c1-7(11-2)8-5-4-6-9(13-3)10(8)12/h4-7,11-12H,1-3H3. The van der Waals surface area contributed by atoms with Crippen LogP contribution in [0, 0.1) is 0 Å². The van der Waals surface area contributed by atoms with Gasteiger partial charge in [0, 0.05) is 11.6 Å². The lowest BCUT2D eigenvalue weighted by Gasteiger charge is -2.14. The van der Waals surface area contributed by atoms with Gasteiger partial charge in [0.25, 0.3) is 0 Å². The van der Waals surface area contributed by atoms with Crippen LogP contribution < -0.4 is 10.1 Å². The Bertz CT molecular complexity index is 286. The van der Waals surface area contributed by atoms with E-state index in [-0.39, 0.29) is 11.8 Å². The second-order valence-corrected chi connectivity index (χ2v) is 2.91. The molecule has 0 aliphatic carbocycles. The van der Waals surface area contributed by atoms with Crippen molar-refractivity contribution in [3.8, 4) is 11.5 Å². The molecular formula is C10H15NO2. The molecule has 1 atom stereocenters. The van der Waals surface area contributed by atoms with E-state index in [0.29, 0.717) is 5.75 Å². The third kappa shape index (κ3) is 1.92. The summed E-state index contributed by atoms with van der Waals surface area (Å²) in [6.07, 6.45) is 0. The quantitative estimate of drug-likeness (QED) is 0.745. The van der Waals surface area contributed by atoms with E-state index in [1.54, 1.807) is 13.2 Å². The number of nitrogens with one attached hydrogen (secondary N) is 1. The predicted molar refractivity (Wildman–Crippen MR) is 52.1 cm³/mol. The average Bonchev–Trinajstić information content (AvgIpc) is 2.17. The van der Waals surface area contributed by atoms with Gasteiger partial charge in [-0.2, -0.15) is 0 Å². The molecule has 0 fully saturated rings. The number of phenolic OH excluding ortho intramolecular Hbond substituents is 1. The minimum absolute atomic E-state index is 0.120. The highest BCUT2D eigenvalue weighted by Gasteiger charge is 2.11. The van der Waals surface area contributed by atoms with Crippen molar-refractivity contribution >= 4 is 0 Å². The Balaban J connectivity index is 3.08. The van der Waals surface area contributed by atoms with Gasteiger partial charge in [-0.15, -0.1) is 0 Å². The average molecular weight is 181 g/mol. The van der Waals surface area contributed by atoms with Crippen LogP contribution in [0.2, 0.25) is 0 Å². The number of para-hydroxylation sites is 1. The van der Waals surface area contributed by atoms with Crippen molar-refractivity contribution in [2.45, 2.75) is 13.0 Å². The Morgan fingerprint density at radius 3 is 2.69 bits per heavy atom. The van der Waals surface area contributed by atoms with Crippen LogP contribution in [-0.2, 0) is 0 Å². The first-order valence-electron chi connectivity index (χ1n) is 4.23. The maximum Gasteiger partial charge on any atom is 0.162 e. The molecule has 0 aliphatic heterocycles. The van der Waals surface area contributed by atoms with Gasteiger partial charge in [-0.1, -0.05) is 12.1 Å². The van der Waals surface area contributed by atoms with Gasteiger partial charge in [0.1, 0.15) is 0 Å². The van der Waals surface area contributed by atoms with Crippen molar-refractivity contribution in [2.24, 2.45) is 0 Å². The molecule has 3 nitrogen and oxygen atoms in total. The van der Waals surface area contributed by atoms with E-state index in [1.165, 1.54) is 0 Å². The largest absolute Gasteiger partial charge is 0.504 e. The van der Waals surface area contributed by atoms with E-state index in [2.05, 4.69) is 5.32 Å². The van der Waals surface area contributed by atoms with Gasteiger partial charge < -0.3 is 15.2 Å². The zero-order valence-electron chi connectivity index (χ0n) is 8.16. The fourth-order valence-corrected chi connectivity index (χ4v) is 1.21. The van der Waals surface area contributed by atoms with Crippen molar-refractivity contribution in [1.29, 1.82) is 0 Å². The second kappa shape index (κ2) is 4.14. The number of benzene rings is 1. The smallest absolute Gasteiger partial charge is 0.162 e. The summed E-state index contributed by atoms with van der Waals surface area (Å²) in [6, 6.07) is 5.59. The Hall–Kier alpha value is -1.22. The fraction of sp³-hybridized carbons (Fsp3) is 0.400. The summed E-state index contributed by atoms with van der Waals surface area (Å²) >= 11 is 0. The summed E-state index contributed by atoms with van der Waals surface area (Å²) < 4.78 is 5.00. The molecule has 0 aliphatic rings. The zero-order chi connectivity index (χ0) is 9.84. The van der Waals surface area contributed by atoms with Crippen LogP contribution in [-0.4, -0.2) is 19.3 Å². The maximum absolute atomic E-state index is 9.73. The number of methoxy groups -OCH3 is 1. The lowest BCUT2D eigenvalue weighted by atomic mass is 10.1. The van der Waals surface area contributed by atoms with Gasteiger partial charge in [0.2, 0.25) is 0 Å². The molecule has 1 unspecified atom stereocenters. The van der Waals surface area contributed by atoms with E-state index < -0.39 is 0 Å². The van der Waals surface area contributed by atoms with Crippen LogP contribution in [0.15, 0.2) is 18.2 Å². The summed E-state index contributed by atoms with van der Waals surface area (Å²) in [4.78, 5) is 0. The van der Waals surface area contributed by atoms with Crippen LogP contribution >= 0.6 is 0 Å². The highest BCUT2D eigenvalue weighted by molar-refractivity contribution is 5.46. The number of aromatic hydroxyl groups is 1. The van der Waals surface area contributed by atoms with Crippen molar-refractivity contribution in [3.63, 3.8) is 0 Å². The molecule has 0 bridgehead atoms. The predicted octanol–water partition coefficient (Wildman–Crippen LogP) is 1.68.